The van der Waals surface area contributed by atoms with Gasteiger partial charge in [-0.1, -0.05) is 6.07 Å². The summed E-state index contributed by atoms with van der Waals surface area (Å²) >= 11 is 0. The molecule has 1 saturated carbocycles. The number of rotatable bonds is 5. The fourth-order valence-electron chi connectivity index (χ4n) is 4.66. The maximum Gasteiger partial charge on any atom is 0.224 e. The Kier molecular flexibility index (Phi) is 6.24. The largest absolute Gasteiger partial charge is 0.490 e. The van der Waals surface area contributed by atoms with E-state index in [1.165, 1.54) is 25.7 Å². The summed E-state index contributed by atoms with van der Waals surface area (Å²) in [5, 5.41) is 6.70. The number of hydrogen-bond acceptors (Lipinski definition) is 3. The van der Waals surface area contributed by atoms with Crippen LogP contribution in [0.3, 0.4) is 0 Å². The molecule has 138 valence electrons. The third-order valence-corrected chi connectivity index (χ3v) is 5.77. The van der Waals surface area contributed by atoms with E-state index in [1.54, 1.807) is 0 Å². The molecular weight excluding hydrogens is 336 g/mol. The van der Waals surface area contributed by atoms with Crippen LogP contribution in [-0.4, -0.2) is 24.1 Å². The lowest BCUT2D eigenvalue weighted by atomic mass is 9.89. The van der Waals surface area contributed by atoms with Crippen LogP contribution in [0, 0.1) is 5.92 Å². The van der Waals surface area contributed by atoms with E-state index in [0.29, 0.717) is 30.5 Å². The average molecular weight is 365 g/mol. The predicted molar refractivity (Wildman–Crippen MR) is 102 cm³/mol. The van der Waals surface area contributed by atoms with E-state index in [2.05, 4.69) is 10.6 Å². The number of ether oxygens (including phenoxy) is 1. The normalized spacial score (nSPS) is 28.4. The van der Waals surface area contributed by atoms with Gasteiger partial charge in [0.15, 0.2) is 0 Å². The highest BCUT2D eigenvalue weighted by atomic mass is 35.5. The Morgan fingerprint density at radius 3 is 2.56 bits per heavy atom. The lowest BCUT2D eigenvalue weighted by Gasteiger charge is -2.28. The molecule has 0 radical (unpaired) electrons. The molecule has 2 heterocycles. The number of anilines is 1. The van der Waals surface area contributed by atoms with Crippen molar-refractivity contribution in [1.82, 2.24) is 5.32 Å². The zero-order valence-corrected chi connectivity index (χ0v) is 15.5. The quantitative estimate of drug-likeness (QED) is 0.819. The molecule has 1 aromatic carbocycles. The highest BCUT2D eigenvalue weighted by Crippen LogP contribution is 2.33. The first kappa shape index (κ1) is 18.5. The Labute approximate surface area is 156 Å². The fourth-order valence-corrected chi connectivity index (χ4v) is 4.66. The van der Waals surface area contributed by atoms with E-state index in [-0.39, 0.29) is 18.3 Å². The number of nitrogens with one attached hydrogen (secondary N) is 2. The maximum atomic E-state index is 12.4. The summed E-state index contributed by atoms with van der Waals surface area (Å²) in [5.41, 5.74) is 0.854. The van der Waals surface area contributed by atoms with Crippen molar-refractivity contribution in [1.29, 1.82) is 0 Å². The van der Waals surface area contributed by atoms with Crippen molar-refractivity contribution in [3.63, 3.8) is 0 Å². The molecule has 2 unspecified atom stereocenters. The van der Waals surface area contributed by atoms with E-state index in [1.807, 2.05) is 24.3 Å². The van der Waals surface area contributed by atoms with Crippen molar-refractivity contribution in [2.45, 2.75) is 76.0 Å². The molecule has 1 aliphatic carbocycles. The Balaban J connectivity index is 0.00000182. The molecule has 2 bridgehead atoms. The average Bonchev–Trinajstić information content (AvgIpc) is 3.17. The molecule has 4 rings (SSSR count). The molecule has 2 aliphatic heterocycles. The van der Waals surface area contributed by atoms with Crippen LogP contribution in [0.2, 0.25) is 0 Å². The number of carbonyl (C=O) groups excluding carboxylic acids is 1. The topological polar surface area (TPSA) is 50.4 Å². The van der Waals surface area contributed by atoms with Gasteiger partial charge in [0, 0.05) is 30.3 Å². The highest BCUT2D eigenvalue weighted by molar-refractivity contribution is 5.91. The van der Waals surface area contributed by atoms with Crippen LogP contribution < -0.4 is 15.4 Å². The Morgan fingerprint density at radius 1 is 1.12 bits per heavy atom. The Morgan fingerprint density at radius 2 is 1.84 bits per heavy atom. The van der Waals surface area contributed by atoms with E-state index < -0.39 is 0 Å². The molecule has 5 heteroatoms. The van der Waals surface area contributed by atoms with Gasteiger partial charge in [-0.25, -0.2) is 0 Å². The minimum absolute atomic E-state index is 0. The Bertz CT molecular complexity index is 577. The molecule has 0 spiro atoms. The molecule has 3 fully saturated rings. The van der Waals surface area contributed by atoms with Gasteiger partial charge in [0.05, 0.1) is 6.10 Å². The van der Waals surface area contributed by atoms with Crippen molar-refractivity contribution in [3.8, 4) is 5.75 Å². The molecule has 2 atom stereocenters. The van der Waals surface area contributed by atoms with Gasteiger partial charge in [-0.3, -0.25) is 4.79 Å². The van der Waals surface area contributed by atoms with Crippen LogP contribution >= 0.6 is 12.4 Å². The number of piperidine rings is 1. The number of amides is 1. The number of fused-ring (bicyclic) bond motifs is 2. The third kappa shape index (κ3) is 4.89. The van der Waals surface area contributed by atoms with Crippen molar-refractivity contribution in [3.05, 3.63) is 24.3 Å². The van der Waals surface area contributed by atoms with Crippen molar-refractivity contribution >= 4 is 24.0 Å². The zero-order chi connectivity index (χ0) is 16.4. The molecule has 1 amide bonds. The second-order valence-corrected chi connectivity index (χ2v) is 7.78. The lowest BCUT2D eigenvalue weighted by molar-refractivity contribution is -0.117. The smallest absolute Gasteiger partial charge is 0.224 e. The SMILES string of the molecule is Cl.O=C(CC1CC2CCC(C1)N2)Nc1cccc(OC2CCCC2)c1. The molecule has 4 nitrogen and oxygen atoms in total. The number of benzene rings is 1. The summed E-state index contributed by atoms with van der Waals surface area (Å²) in [5.74, 6) is 1.54. The van der Waals surface area contributed by atoms with E-state index in [0.717, 1.165) is 37.1 Å². The molecule has 2 N–H and O–H groups in total. The minimum atomic E-state index is 0. The highest BCUT2D eigenvalue weighted by Gasteiger charge is 2.34. The first-order chi connectivity index (χ1) is 11.7. The summed E-state index contributed by atoms with van der Waals surface area (Å²) in [4.78, 5) is 12.4. The van der Waals surface area contributed by atoms with Crippen molar-refractivity contribution in [2.75, 3.05) is 5.32 Å². The molecular formula is C20H29ClN2O2. The lowest BCUT2D eigenvalue weighted by Crippen LogP contribution is -2.39. The van der Waals surface area contributed by atoms with Gasteiger partial charge in [-0.2, -0.15) is 0 Å². The maximum absolute atomic E-state index is 12.4. The third-order valence-electron chi connectivity index (χ3n) is 5.77. The van der Waals surface area contributed by atoms with Gasteiger partial charge < -0.3 is 15.4 Å². The first-order valence-corrected chi connectivity index (χ1v) is 9.57. The van der Waals surface area contributed by atoms with Gasteiger partial charge in [-0.05, 0) is 69.4 Å². The monoisotopic (exact) mass is 364 g/mol. The van der Waals surface area contributed by atoms with Crippen LogP contribution in [0.5, 0.6) is 5.75 Å². The van der Waals surface area contributed by atoms with Crippen LogP contribution in [0.25, 0.3) is 0 Å². The minimum Gasteiger partial charge on any atom is -0.490 e. The first-order valence-electron chi connectivity index (χ1n) is 9.57. The molecule has 1 aromatic rings. The van der Waals surface area contributed by atoms with E-state index >= 15 is 0 Å². The fraction of sp³-hybridized carbons (Fsp3) is 0.650. The predicted octanol–water partition coefficient (Wildman–Crippen LogP) is 4.29. The van der Waals surface area contributed by atoms with E-state index in [4.69, 9.17) is 4.74 Å². The summed E-state index contributed by atoms with van der Waals surface area (Å²) in [6.45, 7) is 0. The van der Waals surface area contributed by atoms with E-state index in [9.17, 15) is 4.79 Å². The molecule has 0 aromatic heterocycles. The molecule has 25 heavy (non-hydrogen) atoms. The van der Waals surface area contributed by atoms with Crippen molar-refractivity contribution in [2.24, 2.45) is 5.92 Å². The number of hydrogen-bond donors (Lipinski definition) is 2. The van der Waals surface area contributed by atoms with Crippen molar-refractivity contribution < 1.29 is 9.53 Å². The van der Waals surface area contributed by atoms with Crippen LogP contribution in [0.1, 0.15) is 57.8 Å². The van der Waals surface area contributed by atoms with Gasteiger partial charge in [-0.15, -0.1) is 12.4 Å². The second-order valence-electron chi connectivity index (χ2n) is 7.78. The van der Waals surface area contributed by atoms with Gasteiger partial charge in [0.1, 0.15) is 5.75 Å². The van der Waals surface area contributed by atoms with Gasteiger partial charge in [0.2, 0.25) is 5.91 Å². The summed E-state index contributed by atoms with van der Waals surface area (Å²) < 4.78 is 6.02. The standard InChI is InChI=1S/C20H28N2O2.ClH/c23-20(12-14-10-16-8-9-17(11-14)21-16)22-15-4-3-7-19(13-15)24-18-5-1-2-6-18;/h3-4,7,13-14,16-18,21H,1-2,5-6,8-12H2,(H,22,23);1H. The zero-order valence-electron chi connectivity index (χ0n) is 14.7. The number of carbonyl (C=O) groups is 1. The number of halogens is 1. The Hall–Kier alpha value is -1.26. The summed E-state index contributed by atoms with van der Waals surface area (Å²) in [7, 11) is 0. The second kappa shape index (κ2) is 8.41. The molecule has 3 aliphatic rings. The summed E-state index contributed by atoms with van der Waals surface area (Å²) in [6.07, 6.45) is 10.7. The summed E-state index contributed by atoms with van der Waals surface area (Å²) in [6, 6.07) is 9.14. The molecule has 2 saturated heterocycles. The van der Waals surface area contributed by atoms with Crippen LogP contribution in [0.15, 0.2) is 24.3 Å². The van der Waals surface area contributed by atoms with Gasteiger partial charge >= 0.3 is 0 Å². The van der Waals surface area contributed by atoms with Gasteiger partial charge in [0.25, 0.3) is 0 Å². The van der Waals surface area contributed by atoms with Crippen LogP contribution in [0.4, 0.5) is 5.69 Å². The van der Waals surface area contributed by atoms with Crippen LogP contribution in [-0.2, 0) is 4.79 Å².